The van der Waals surface area contributed by atoms with Gasteiger partial charge in [-0.05, 0) is 67.8 Å². The lowest BCUT2D eigenvalue weighted by Gasteiger charge is -2.43. The summed E-state index contributed by atoms with van der Waals surface area (Å²) in [6.45, 7) is 20.2. The number of likely N-dealkylation sites (tertiary alicyclic amines) is 1. The first-order valence-corrected chi connectivity index (χ1v) is 18.2. The molecule has 3 rings (SSSR count). The number of amides is 1. The van der Waals surface area contributed by atoms with Crippen molar-refractivity contribution in [2.45, 2.75) is 110 Å². The number of benzene rings is 1. The zero-order chi connectivity index (χ0) is 29.5. The number of esters is 1. The monoisotopic (exact) mass is 575 g/mol. The maximum atomic E-state index is 12.8. The molecule has 0 bridgehead atoms. The molecule has 2 aliphatic rings. The van der Waals surface area contributed by atoms with E-state index in [2.05, 4.69) is 54.6 Å². The number of carbonyl (C=O) groups is 2. The molecule has 226 valence electrons. The number of nitrogens with zero attached hydrogens (tertiary/aromatic N) is 1. The van der Waals surface area contributed by atoms with Crippen molar-refractivity contribution in [3.63, 3.8) is 0 Å². The van der Waals surface area contributed by atoms with E-state index in [-0.39, 0.29) is 53.9 Å². The second-order valence-corrected chi connectivity index (χ2v) is 18.1. The molecule has 0 spiro atoms. The molecule has 5 atom stereocenters. The minimum Gasteiger partial charge on any atom is -0.459 e. The van der Waals surface area contributed by atoms with Gasteiger partial charge in [-0.15, -0.1) is 0 Å². The fourth-order valence-corrected chi connectivity index (χ4v) is 6.66. The third-order valence-electron chi connectivity index (χ3n) is 9.50. The lowest BCUT2D eigenvalue weighted by Crippen LogP contribution is -2.48. The van der Waals surface area contributed by atoms with Gasteiger partial charge in [0.1, 0.15) is 6.61 Å². The molecule has 2 aliphatic heterocycles. The molecule has 0 radical (unpaired) electrons. The van der Waals surface area contributed by atoms with Crippen molar-refractivity contribution in [3.8, 4) is 0 Å². The summed E-state index contributed by atoms with van der Waals surface area (Å²) in [4.78, 5) is 27.2. The van der Waals surface area contributed by atoms with Crippen molar-refractivity contribution in [1.29, 1.82) is 0 Å². The van der Waals surface area contributed by atoms with Crippen molar-refractivity contribution in [3.05, 3.63) is 35.9 Å². The van der Waals surface area contributed by atoms with Gasteiger partial charge in [-0.2, -0.15) is 0 Å². The molecule has 0 aromatic heterocycles. The van der Waals surface area contributed by atoms with Crippen LogP contribution in [0.25, 0.3) is 0 Å². The van der Waals surface area contributed by atoms with Crippen molar-refractivity contribution in [1.82, 2.24) is 4.90 Å². The van der Waals surface area contributed by atoms with E-state index in [0.717, 1.165) is 38.8 Å². The maximum Gasteiger partial charge on any atom is 0.338 e. The van der Waals surface area contributed by atoms with E-state index in [4.69, 9.17) is 18.6 Å². The van der Waals surface area contributed by atoms with Crippen molar-refractivity contribution in [2.75, 3.05) is 26.3 Å². The lowest BCUT2D eigenvalue weighted by atomic mass is 9.79. The quantitative estimate of drug-likeness (QED) is 0.167. The Morgan fingerprint density at radius 1 is 0.975 bits per heavy atom. The van der Waals surface area contributed by atoms with Gasteiger partial charge in [-0.3, -0.25) is 4.79 Å². The van der Waals surface area contributed by atoms with Gasteiger partial charge < -0.3 is 23.5 Å². The van der Waals surface area contributed by atoms with Crippen LogP contribution in [0.5, 0.6) is 0 Å². The average molecular weight is 576 g/mol. The summed E-state index contributed by atoms with van der Waals surface area (Å²) < 4.78 is 24.6. The van der Waals surface area contributed by atoms with Crippen molar-refractivity contribution in [2.24, 2.45) is 17.8 Å². The number of ether oxygens (including phenoxy) is 3. The molecule has 1 aromatic carbocycles. The van der Waals surface area contributed by atoms with Crippen molar-refractivity contribution >= 4 is 20.2 Å². The smallest absolute Gasteiger partial charge is 0.338 e. The Bertz CT molecular complexity index is 940. The summed E-state index contributed by atoms with van der Waals surface area (Å²) >= 11 is 0. The highest BCUT2D eigenvalue weighted by Crippen LogP contribution is 2.38. The second-order valence-electron chi connectivity index (χ2n) is 13.4. The molecule has 0 N–H and O–H groups in total. The SMILES string of the molecule is CC1[C@H](OCCCCC(=O)N2CCC(O[Si](C)(C)C(C)(C)C)CC2)OC(COC(=O)c2ccccc2)[C@H](C)[C@@H]1C. The van der Waals surface area contributed by atoms with Crippen LogP contribution in [0.1, 0.15) is 84.0 Å². The molecule has 2 unspecified atom stereocenters. The van der Waals surface area contributed by atoms with Crippen LogP contribution in [0.3, 0.4) is 0 Å². The molecule has 8 heteroatoms. The molecule has 2 heterocycles. The number of rotatable bonds is 11. The topological polar surface area (TPSA) is 74.3 Å². The number of carbonyl (C=O) groups excluding carboxylic acids is 2. The molecule has 0 aliphatic carbocycles. The van der Waals surface area contributed by atoms with Crippen LogP contribution < -0.4 is 0 Å². The predicted molar refractivity (Wildman–Crippen MR) is 161 cm³/mol. The Labute approximate surface area is 243 Å². The van der Waals surface area contributed by atoms with Crippen LogP contribution in [0, 0.1) is 17.8 Å². The first kappa shape index (κ1) is 32.8. The van der Waals surface area contributed by atoms with Crippen LogP contribution in [-0.2, 0) is 23.4 Å². The van der Waals surface area contributed by atoms with E-state index in [1.54, 1.807) is 12.1 Å². The summed E-state index contributed by atoms with van der Waals surface area (Å²) in [5, 5.41) is 0.203. The van der Waals surface area contributed by atoms with E-state index in [9.17, 15) is 9.59 Å². The summed E-state index contributed by atoms with van der Waals surface area (Å²) in [7, 11) is -1.78. The number of hydrogen-bond donors (Lipinski definition) is 0. The fourth-order valence-electron chi connectivity index (χ4n) is 5.24. The van der Waals surface area contributed by atoms with E-state index in [0.29, 0.717) is 24.5 Å². The van der Waals surface area contributed by atoms with Crippen LogP contribution in [0.15, 0.2) is 30.3 Å². The number of piperidine rings is 1. The average Bonchev–Trinajstić information content (AvgIpc) is 2.91. The number of hydrogen-bond acceptors (Lipinski definition) is 6. The Morgan fingerprint density at radius 2 is 1.62 bits per heavy atom. The summed E-state index contributed by atoms with van der Waals surface area (Å²) in [5.74, 6) is 0.734. The summed E-state index contributed by atoms with van der Waals surface area (Å²) in [5.41, 5.74) is 0.540. The predicted octanol–water partition coefficient (Wildman–Crippen LogP) is 6.68. The fraction of sp³-hybridized carbons (Fsp3) is 0.750. The molecule has 7 nitrogen and oxygen atoms in total. The molecule has 40 heavy (non-hydrogen) atoms. The Hall–Kier alpha value is -1.74. The maximum absolute atomic E-state index is 12.8. The van der Waals surface area contributed by atoms with Gasteiger partial charge in [0.25, 0.3) is 0 Å². The summed E-state index contributed by atoms with van der Waals surface area (Å²) in [6, 6.07) is 9.03. The second kappa shape index (κ2) is 14.4. The third kappa shape index (κ3) is 8.88. The Balaban J connectivity index is 1.35. The highest BCUT2D eigenvalue weighted by Gasteiger charge is 2.41. The molecular weight excluding hydrogens is 522 g/mol. The zero-order valence-electron chi connectivity index (χ0n) is 26.1. The largest absolute Gasteiger partial charge is 0.459 e. The number of unbranched alkanes of at least 4 members (excludes halogenated alkanes) is 1. The minimum atomic E-state index is -1.78. The van der Waals surface area contributed by atoms with E-state index >= 15 is 0 Å². The van der Waals surface area contributed by atoms with Crippen LogP contribution in [-0.4, -0.2) is 69.9 Å². The van der Waals surface area contributed by atoms with Gasteiger partial charge in [0.15, 0.2) is 14.6 Å². The first-order chi connectivity index (χ1) is 18.8. The minimum absolute atomic E-state index is 0.203. The van der Waals surface area contributed by atoms with Gasteiger partial charge in [-0.25, -0.2) is 4.79 Å². The van der Waals surface area contributed by atoms with E-state index in [1.165, 1.54) is 0 Å². The summed E-state index contributed by atoms with van der Waals surface area (Å²) in [6.07, 6.45) is 3.71. The van der Waals surface area contributed by atoms with E-state index in [1.807, 2.05) is 23.1 Å². The molecule has 1 aromatic rings. The van der Waals surface area contributed by atoms with Crippen LogP contribution >= 0.6 is 0 Å². The molecule has 0 saturated carbocycles. The zero-order valence-corrected chi connectivity index (χ0v) is 27.1. The van der Waals surface area contributed by atoms with Gasteiger partial charge in [0.2, 0.25) is 5.91 Å². The highest BCUT2D eigenvalue weighted by atomic mass is 28.4. The standard InChI is InChI=1S/C32H53NO6Si/c1-23-24(2)28(22-37-30(35)26-14-10-9-11-15-26)38-31(25(23)3)36-21-13-12-16-29(34)33-19-17-27(18-20-33)39-40(7,8)32(4,5)6/h9-11,14-15,23-25,27-28,31H,12-13,16-22H2,1-8H3/t23-,24+,25?,28?,31+/m0/s1. The lowest BCUT2D eigenvalue weighted by molar-refractivity contribution is -0.254. The van der Waals surface area contributed by atoms with Gasteiger partial charge >= 0.3 is 5.97 Å². The molecule has 2 saturated heterocycles. The Morgan fingerprint density at radius 3 is 2.25 bits per heavy atom. The van der Waals surface area contributed by atoms with Gasteiger partial charge in [0, 0.05) is 38.1 Å². The normalized spacial score (nSPS) is 26.5. The van der Waals surface area contributed by atoms with Crippen LogP contribution in [0.4, 0.5) is 0 Å². The molecular formula is C32H53NO6Si. The Kier molecular flexibility index (Phi) is 11.8. The molecule has 1 amide bonds. The molecule has 2 fully saturated rings. The van der Waals surface area contributed by atoms with Gasteiger partial charge in [-0.1, -0.05) is 59.7 Å². The van der Waals surface area contributed by atoms with Crippen LogP contribution in [0.2, 0.25) is 18.1 Å². The van der Waals surface area contributed by atoms with Crippen molar-refractivity contribution < 1.29 is 28.2 Å². The third-order valence-corrected chi connectivity index (χ3v) is 14.0. The first-order valence-electron chi connectivity index (χ1n) is 15.2. The highest BCUT2D eigenvalue weighted by molar-refractivity contribution is 6.74. The van der Waals surface area contributed by atoms with Gasteiger partial charge in [0.05, 0.1) is 11.7 Å². The van der Waals surface area contributed by atoms with E-state index < -0.39 is 8.32 Å².